The highest BCUT2D eigenvalue weighted by Crippen LogP contribution is 2.25. The maximum atomic E-state index is 12.3. The zero-order valence-corrected chi connectivity index (χ0v) is 8.47. The fraction of sp³-hybridized carbons (Fsp3) is 0.222. The maximum absolute atomic E-state index is 12.3. The van der Waals surface area contributed by atoms with Gasteiger partial charge in [0.25, 0.3) is 0 Å². The van der Waals surface area contributed by atoms with Crippen LogP contribution in [0.15, 0.2) is 40.4 Å². The lowest BCUT2D eigenvalue weighted by molar-refractivity contribution is -0.0980. The fourth-order valence-corrected chi connectivity index (χ4v) is 0.882. The van der Waals surface area contributed by atoms with Crippen LogP contribution in [0.25, 0.3) is 0 Å². The zero-order chi connectivity index (χ0) is 12.2. The van der Waals surface area contributed by atoms with Crippen molar-refractivity contribution in [3.05, 3.63) is 35.4 Å². The molecule has 16 heavy (non-hydrogen) atoms. The van der Waals surface area contributed by atoms with E-state index >= 15 is 0 Å². The van der Waals surface area contributed by atoms with Gasteiger partial charge in [-0.3, -0.25) is 10.4 Å². The Hall–Kier alpha value is -1.92. The number of hydrogen-bond acceptors (Lipinski definition) is 4. The number of halogens is 3. The van der Waals surface area contributed by atoms with Crippen molar-refractivity contribution in [3.8, 4) is 0 Å². The van der Waals surface area contributed by atoms with Gasteiger partial charge in [0.15, 0.2) is 0 Å². The largest absolute Gasteiger partial charge is 0.432 e. The van der Waals surface area contributed by atoms with Crippen LogP contribution < -0.4 is 16.6 Å². The molecular formula is C9H11F3N4. The van der Waals surface area contributed by atoms with Crippen molar-refractivity contribution in [1.82, 2.24) is 10.9 Å². The Morgan fingerprint density at radius 2 is 2.19 bits per heavy atom. The van der Waals surface area contributed by atoms with Crippen molar-refractivity contribution in [2.24, 2.45) is 10.7 Å². The predicted octanol–water partition coefficient (Wildman–Crippen LogP) is 1.32. The summed E-state index contributed by atoms with van der Waals surface area (Å²) in [5, 5.41) is 0. The number of alkyl halides is 3. The number of rotatable bonds is 2. The summed E-state index contributed by atoms with van der Waals surface area (Å²) in [7, 11) is 0. The first-order chi connectivity index (χ1) is 7.39. The van der Waals surface area contributed by atoms with Crippen LogP contribution in [-0.4, -0.2) is 12.4 Å². The van der Waals surface area contributed by atoms with Gasteiger partial charge in [0, 0.05) is 18.1 Å². The van der Waals surface area contributed by atoms with Crippen molar-refractivity contribution >= 4 is 6.21 Å². The summed E-state index contributed by atoms with van der Waals surface area (Å²) >= 11 is 0. The van der Waals surface area contributed by atoms with E-state index in [0.29, 0.717) is 5.70 Å². The van der Waals surface area contributed by atoms with Gasteiger partial charge in [0.05, 0.1) is 5.70 Å². The Balaban J connectivity index is 2.77. The summed E-state index contributed by atoms with van der Waals surface area (Å²) in [5.41, 5.74) is 9.36. The molecule has 1 aliphatic heterocycles. The molecule has 1 aliphatic rings. The van der Waals surface area contributed by atoms with E-state index in [1.54, 1.807) is 6.92 Å². The highest BCUT2D eigenvalue weighted by Gasteiger charge is 2.34. The minimum Gasteiger partial charge on any atom is -0.402 e. The van der Waals surface area contributed by atoms with Gasteiger partial charge < -0.3 is 11.2 Å². The lowest BCUT2D eigenvalue weighted by atomic mass is 10.3. The SMILES string of the molecule is CC(N)=CC=NC1=CNNC(C(F)(F)F)=C1. The average Bonchev–Trinajstić information content (AvgIpc) is 2.16. The molecule has 4 nitrogen and oxygen atoms in total. The summed E-state index contributed by atoms with van der Waals surface area (Å²) in [6.07, 6.45) is 0.600. The molecule has 4 N–H and O–H groups in total. The van der Waals surface area contributed by atoms with E-state index in [2.05, 4.69) is 10.4 Å². The van der Waals surface area contributed by atoms with Gasteiger partial charge >= 0.3 is 6.18 Å². The molecule has 0 spiro atoms. The van der Waals surface area contributed by atoms with E-state index in [0.717, 1.165) is 6.08 Å². The number of hydrazine groups is 1. The molecule has 88 valence electrons. The van der Waals surface area contributed by atoms with Crippen LogP contribution in [0.4, 0.5) is 13.2 Å². The summed E-state index contributed by atoms with van der Waals surface area (Å²) < 4.78 is 36.8. The van der Waals surface area contributed by atoms with E-state index in [4.69, 9.17) is 5.73 Å². The maximum Gasteiger partial charge on any atom is 0.432 e. The van der Waals surface area contributed by atoms with Gasteiger partial charge in [-0.25, -0.2) is 0 Å². The van der Waals surface area contributed by atoms with Crippen molar-refractivity contribution < 1.29 is 13.2 Å². The predicted molar refractivity (Wildman–Crippen MR) is 54.9 cm³/mol. The van der Waals surface area contributed by atoms with Crippen LogP contribution in [0.1, 0.15) is 6.92 Å². The molecule has 0 atom stereocenters. The minimum atomic E-state index is -4.43. The molecule has 0 aliphatic carbocycles. The second-order valence-corrected chi connectivity index (χ2v) is 3.08. The first kappa shape index (κ1) is 12.2. The molecule has 0 saturated heterocycles. The number of allylic oxidation sites excluding steroid dienone is 4. The van der Waals surface area contributed by atoms with Gasteiger partial charge in [0.1, 0.15) is 5.70 Å². The summed E-state index contributed by atoms with van der Waals surface area (Å²) in [5.74, 6) is 0. The summed E-state index contributed by atoms with van der Waals surface area (Å²) in [4.78, 5) is 3.79. The van der Waals surface area contributed by atoms with E-state index in [9.17, 15) is 13.2 Å². The molecule has 1 rings (SSSR count). The molecule has 0 aromatic carbocycles. The highest BCUT2D eigenvalue weighted by atomic mass is 19.4. The Morgan fingerprint density at radius 1 is 1.50 bits per heavy atom. The molecule has 0 unspecified atom stereocenters. The molecule has 0 radical (unpaired) electrons. The van der Waals surface area contributed by atoms with Crippen LogP contribution >= 0.6 is 0 Å². The van der Waals surface area contributed by atoms with Crippen molar-refractivity contribution in [2.75, 3.05) is 0 Å². The Labute approximate surface area is 90.4 Å². The van der Waals surface area contributed by atoms with Crippen molar-refractivity contribution in [2.45, 2.75) is 13.1 Å². The second kappa shape index (κ2) is 4.73. The zero-order valence-electron chi connectivity index (χ0n) is 8.47. The number of nitrogens with two attached hydrogens (primary N) is 1. The third kappa shape index (κ3) is 3.68. The van der Waals surface area contributed by atoms with Gasteiger partial charge in [-0.2, -0.15) is 13.2 Å². The van der Waals surface area contributed by atoms with Gasteiger partial charge in [0.2, 0.25) is 0 Å². The van der Waals surface area contributed by atoms with Gasteiger partial charge in [-0.1, -0.05) is 0 Å². The minimum absolute atomic E-state index is 0.156. The topological polar surface area (TPSA) is 62.4 Å². The Kier molecular flexibility index (Phi) is 3.60. The smallest absolute Gasteiger partial charge is 0.402 e. The molecular weight excluding hydrogens is 221 g/mol. The third-order valence-electron chi connectivity index (χ3n) is 1.59. The normalized spacial score (nSPS) is 17.6. The summed E-state index contributed by atoms with van der Waals surface area (Å²) in [6.45, 7) is 1.65. The molecule has 0 aromatic rings. The number of nitrogens with zero attached hydrogens (tertiary/aromatic N) is 1. The van der Waals surface area contributed by atoms with E-state index in [1.165, 1.54) is 18.5 Å². The molecule has 7 heteroatoms. The Morgan fingerprint density at radius 3 is 2.75 bits per heavy atom. The van der Waals surface area contributed by atoms with E-state index < -0.39 is 11.9 Å². The monoisotopic (exact) mass is 232 g/mol. The van der Waals surface area contributed by atoms with E-state index in [-0.39, 0.29) is 5.70 Å². The second-order valence-electron chi connectivity index (χ2n) is 3.08. The first-order valence-corrected chi connectivity index (χ1v) is 4.36. The molecule has 0 bridgehead atoms. The molecule has 0 fully saturated rings. The van der Waals surface area contributed by atoms with Crippen LogP contribution in [0.3, 0.4) is 0 Å². The molecule has 0 amide bonds. The fourth-order valence-electron chi connectivity index (χ4n) is 0.882. The molecule has 0 aromatic heterocycles. The van der Waals surface area contributed by atoms with Crippen LogP contribution in [0.5, 0.6) is 0 Å². The number of nitrogens with one attached hydrogen (secondary N) is 2. The lowest BCUT2D eigenvalue weighted by Crippen LogP contribution is -2.36. The third-order valence-corrected chi connectivity index (χ3v) is 1.59. The quantitative estimate of drug-likeness (QED) is 0.629. The van der Waals surface area contributed by atoms with Gasteiger partial charge in [-0.05, 0) is 19.1 Å². The highest BCUT2D eigenvalue weighted by molar-refractivity contribution is 5.73. The number of aliphatic imine (C=N–C) groups is 1. The average molecular weight is 232 g/mol. The molecule has 1 heterocycles. The van der Waals surface area contributed by atoms with E-state index in [1.807, 2.05) is 5.43 Å². The van der Waals surface area contributed by atoms with Crippen LogP contribution in [0, 0.1) is 0 Å². The summed E-state index contributed by atoms with van der Waals surface area (Å²) in [6, 6.07) is 0. The molecule has 0 saturated carbocycles. The van der Waals surface area contributed by atoms with Crippen LogP contribution in [0.2, 0.25) is 0 Å². The Bertz CT molecular complexity index is 373. The van der Waals surface area contributed by atoms with Crippen LogP contribution in [-0.2, 0) is 0 Å². The number of hydrogen-bond donors (Lipinski definition) is 3. The van der Waals surface area contributed by atoms with Crippen molar-refractivity contribution in [1.29, 1.82) is 0 Å². The van der Waals surface area contributed by atoms with Gasteiger partial charge in [-0.15, -0.1) is 0 Å². The lowest BCUT2D eigenvalue weighted by Gasteiger charge is -2.17. The first-order valence-electron chi connectivity index (χ1n) is 4.36. The van der Waals surface area contributed by atoms with Crippen molar-refractivity contribution in [3.63, 3.8) is 0 Å². The standard InChI is InChI=1S/C9H11F3N4/c1-6(13)2-3-14-7-4-8(9(10,11)12)16-15-5-7/h2-5,15-16H,13H2,1H3.